The number of rotatable bonds is 3. The maximum absolute atomic E-state index is 12.3. The molecule has 1 aromatic heterocycles. The number of aryl methyl sites for hydroxylation is 2. The van der Waals surface area contributed by atoms with E-state index >= 15 is 0 Å². The minimum absolute atomic E-state index is 0. The van der Waals surface area contributed by atoms with Crippen molar-refractivity contribution in [3.8, 4) is 0 Å². The van der Waals surface area contributed by atoms with Crippen LogP contribution in [0.5, 0.6) is 0 Å². The molecule has 0 fully saturated rings. The van der Waals surface area contributed by atoms with Crippen LogP contribution < -0.4 is 10.6 Å². The first-order valence-corrected chi connectivity index (χ1v) is 7.59. The first-order valence-electron chi connectivity index (χ1n) is 6.77. The van der Waals surface area contributed by atoms with Crippen LogP contribution in [0, 0.1) is 6.92 Å². The van der Waals surface area contributed by atoms with E-state index in [0.29, 0.717) is 10.7 Å². The Balaban J connectivity index is 0.00000161. The molecule has 0 spiro atoms. The van der Waals surface area contributed by atoms with E-state index in [9.17, 15) is 4.79 Å². The Labute approximate surface area is 134 Å². The predicted molar refractivity (Wildman–Crippen MR) is 88.4 cm³/mol. The maximum Gasteiger partial charge on any atom is 0.257 e. The molecule has 1 amide bonds. The summed E-state index contributed by atoms with van der Waals surface area (Å²) in [5.41, 5.74) is 4.24. The van der Waals surface area contributed by atoms with Gasteiger partial charge in [-0.25, -0.2) is 4.98 Å². The lowest BCUT2D eigenvalue weighted by atomic mass is 10.1. The second-order valence-electron chi connectivity index (χ2n) is 4.92. The van der Waals surface area contributed by atoms with Gasteiger partial charge in [-0.05, 0) is 36.6 Å². The third-order valence-corrected chi connectivity index (χ3v) is 4.48. The van der Waals surface area contributed by atoms with Crippen molar-refractivity contribution in [1.82, 2.24) is 10.3 Å². The van der Waals surface area contributed by atoms with Gasteiger partial charge in [-0.1, -0.05) is 13.0 Å². The maximum atomic E-state index is 12.3. The Bertz CT molecular complexity index is 669. The van der Waals surface area contributed by atoms with E-state index in [2.05, 4.69) is 22.5 Å². The molecule has 2 N–H and O–H groups in total. The Morgan fingerprint density at radius 3 is 2.86 bits per heavy atom. The average Bonchev–Trinajstić information content (AvgIpc) is 3.03. The van der Waals surface area contributed by atoms with Gasteiger partial charge in [0, 0.05) is 23.5 Å². The molecule has 0 bridgehead atoms. The van der Waals surface area contributed by atoms with Gasteiger partial charge in [0.2, 0.25) is 0 Å². The number of carbonyl (C=O) groups excluding carboxylic acids is 1. The summed E-state index contributed by atoms with van der Waals surface area (Å²) < 4.78 is 0. The summed E-state index contributed by atoms with van der Waals surface area (Å²) in [6, 6.07) is 5.86. The number of carbonyl (C=O) groups is 1. The highest BCUT2D eigenvalue weighted by Crippen LogP contribution is 2.23. The minimum atomic E-state index is -0.0869. The molecule has 0 saturated carbocycles. The largest absolute Gasteiger partial charge is 0.309 e. The second kappa shape index (κ2) is 6.56. The lowest BCUT2D eigenvalue weighted by molar-refractivity contribution is 0.102. The van der Waals surface area contributed by atoms with Crippen LogP contribution in [0.1, 0.15) is 39.0 Å². The van der Waals surface area contributed by atoms with Gasteiger partial charge in [-0.15, -0.1) is 23.7 Å². The first-order chi connectivity index (χ1) is 9.67. The Hall–Kier alpha value is -1.43. The molecule has 0 aliphatic carbocycles. The third kappa shape index (κ3) is 3.26. The van der Waals surface area contributed by atoms with Crippen molar-refractivity contribution in [2.75, 3.05) is 5.32 Å². The first kappa shape index (κ1) is 15.9. The summed E-state index contributed by atoms with van der Waals surface area (Å²) in [7, 11) is 0. The highest BCUT2D eigenvalue weighted by atomic mass is 35.5. The molecule has 0 atom stereocenters. The van der Waals surface area contributed by atoms with Gasteiger partial charge in [0.25, 0.3) is 5.91 Å². The molecule has 21 heavy (non-hydrogen) atoms. The number of amides is 1. The zero-order chi connectivity index (χ0) is 14.1. The van der Waals surface area contributed by atoms with Crippen LogP contribution >= 0.6 is 23.7 Å². The summed E-state index contributed by atoms with van der Waals surface area (Å²) in [6.07, 6.45) is 0.892. The van der Waals surface area contributed by atoms with Gasteiger partial charge >= 0.3 is 0 Å². The molecule has 2 aromatic rings. The monoisotopic (exact) mass is 323 g/mol. The lowest BCUT2D eigenvalue weighted by Crippen LogP contribution is -2.12. The molecule has 1 aliphatic rings. The quantitative estimate of drug-likeness (QED) is 0.911. The fourth-order valence-electron chi connectivity index (χ4n) is 2.41. The number of nitrogens with zero attached hydrogens (tertiary/aromatic N) is 1. The Kier molecular flexibility index (Phi) is 4.98. The smallest absolute Gasteiger partial charge is 0.257 e. The number of benzene rings is 1. The van der Waals surface area contributed by atoms with E-state index in [1.54, 1.807) is 0 Å². The number of thiazole rings is 1. The van der Waals surface area contributed by atoms with Crippen LogP contribution in [0.4, 0.5) is 5.13 Å². The van der Waals surface area contributed by atoms with Gasteiger partial charge in [0.05, 0.1) is 5.69 Å². The molecule has 2 heterocycles. The van der Waals surface area contributed by atoms with Gasteiger partial charge in [0.15, 0.2) is 5.13 Å². The zero-order valence-electron chi connectivity index (χ0n) is 12.0. The zero-order valence-corrected chi connectivity index (χ0v) is 13.7. The molecular formula is C15H18ClN3OS. The second-order valence-corrected chi connectivity index (χ2v) is 6.12. The van der Waals surface area contributed by atoms with Crippen molar-refractivity contribution < 1.29 is 4.79 Å². The van der Waals surface area contributed by atoms with Gasteiger partial charge in [-0.3, -0.25) is 10.1 Å². The van der Waals surface area contributed by atoms with Crippen molar-refractivity contribution in [1.29, 1.82) is 0 Å². The minimum Gasteiger partial charge on any atom is -0.309 e. The van der Waals surface area contributed by atoms with Gasteiger partial charge < -0.3 is 5.32 Å². The van der Waals surface area contributed by atoms with E-state index in [1.807, 2.05) is 25.1 Å². The summed E-state index contributed by atoms with van der Waals surface area (Å²) in [5, 5.41) is 6.86. The van der Waals surface area contributed by atoms with Gasteiger partial charge in [0.1, 0.15) is 0 Å². The van der Waals surface area contributed by atoms with E-state index in [4.69, 9.17) is 0 Å². The van der Waals surface area contributed by atoms with Crippen molar-refractivity contribution in [3.63, 3.8) is 0 Å². The average molecular weight is 324 g/mol. The fraction of sp³-hybridized carbons (Fsp3) is 0.333. The topological polar surface area (TPSA) is 54.0 Å². The number of aromatic nitrogens is 1. The molecule has 112 valence electrons. The summed E-state index contributed by atoms with van der Waals surface area (Å²) >= 11 is 1.53. The standard InChI is InChI=1S/C15H17N3OS.ClH/c1-3-13-9(2)20-15(17-13)18-14(19)10-4-5-11-7-16-8-12(11)6-10;/h4-6,16H,3,7-8H2,1-2H3,(H,17,18,19);1H. The van der Waals surface area contributed by atoms with Crippen LogP contribution in [0.15, 0.2) is 18.2 Å². The Morgan fingerprint density at radius 2 is 2.14 bits per heavy atom. The Morgan fingerprint density at radius 1 is 1.38 bits per heavy atom. The van der Waals surface area contributed by atoms with Crippen LogP contribution in [0.25, 0.3) is 0 Å². The number of nitrogens with one attached hydrogen (secondary N) is 2. The van der Waals surface area contributed by atoms with Gasteiger partial charge in [-0.2, -0.15) is 0 Å². The summed E-state index contributed by atoms with van der Waals surface area (Å²) in [4.78, 5) is 17.9. The summed E-state index contributed by atoms with van der Waals surface area (Å²) in [5.74, 6) is -0.0869. The molecular weight excluding hydrogens is 306 g/mol. The molecule has 4 nitrogen and oxygen atoms in total. The molecule has 0 unspecified atom stereocenters. The van der Waals surface area contributed by atoms with Crippen LogP contribution in [0.3, 0.4) is 0 Å². The molecule has 0 radical (unpaired) electrons. The SMILES string of the molecule is CCc1nc(NC(=O)c2ccc3c(c2)CNC3)sc1C.Cl. The summed E-state index contributed by atoms with van der Waals surface area (Å²) in [6.45, 7) is 5.84. The molecule has 6 heteroatoms. The van der Waals surface area contributed by atoms with Crippen molar-refractivity contribution >= 4 is 34.8 Å². The van der Waals surface area contributed by atoms with Crippen LogP contribution in [0.2, 0.25) is 0 Å². The third-order valence-electron chi connectivity index (χ3n) is 3.55. The highest BCUT2D eigenvalue weighted by Gasteiger charge is 2.15. The molecule has 0 saturated heterocycles. The number of anilines is 1. The number of fused-ring (bicyclic) bond motifs is 1. The predicted octanol–water partition coefficient (Wildman–Crippen LogP) is 3.29. The van der Waals surface area contributed by atoms with E-state index in [0.717, 1.165) is 25.2 Å². The lowest BCUT2D eigenvalue weighted by Gasteiger charge is -2.04. The number of halogens is 1. The van der Waals surface area contributed by atoms with Crippen molar-refractivity contribution in [3.05, 3.63) is 45.5 Å². The molecule has 1 aliphatic heterocycles. The number of hydrogen-bond acceptors (Lipinski definition) is 4. The van der Waals surface area contributed by atoms with Crippen LogP contribution in [-0.4, -0.2) is 10.9 Å². The van der Waals surface area contributed by atoms with E-state index < -0.39 is 0 Å². The fourth-order valence-corrected chi connectivity index (χ4v) is 3.31. The molecule has 3 rings (SSSR count). The highest BCUT2D eigenvalue weighted by molar-refractivity contribution is 7.15. The van der Waals surface area contributed by atoms with Crippen molar-refractivity contribution in [2.45, 2.75) is 33.4 Å². The van der Waals surface area contributed by atoms with Crippen molar-refractivity contribution in [2.24, 2.45) is 0 Å². The van der Waals surface area contributed by atoms with Crippen LogP contribution in [-0.2, 0) is 19.5 Å². The number of hydrogen-bond donors (Lipinski definition) is 2. The normalized spacial score (nSPS) is 12.7. The van der Waals surface area contributed by atoms with E-state index in [1.165, 1.54) is 27.3 Å². The molecule has 1 aromatic carbocycles. The van der Waals surface area contributed by atoms with E-state index in [-0.39, 0.29) is 18.3 Å².